The third-order valence-corrected chi connectivity index (χ3v) is 7.74. The highest BCUT2D eigenvalue weighted by molar-refractivity contribution is 7.98. The lowest BCUT2D eigenvalue weighted by atomic mass is 10.2. The first-order valence-electron chi connectivity index (χ1n) is 10.8. The van der Waals surface area contributed by atoms with Gasteiger partial charge < -0.3 is 9.80 Å². The summed E-state index contributed by atoms with van der Waals surface area (Å²) in [5, 5.41) is 1.09. The van der Waals surface area contributed by atoms with Crippen molar-refractivity contribution in [3.63, 3.8) is 0 Å². The number of anilines is 1. The van der Waals surface area contributed by atoms with E-state index in [1.54, 1.807) is 11.3 Å². The minimum absolute atomic E-state index is 0.298. The summed E-state index contributed by atoms with van der Waals surface area (Å²) in [6.45, 7) is 5.52. The number of carbonyl (C=O) groups is 1. The normalized spacial score (nSPS) is 14.4. The quantitative estimate of drug-likeness (QED) is 0.451. The van der Waals surface area contributed by atoms with Crippen molar-refractivity contribution in [3.05, 3.63) is 59.7 Å². The second-order valence-electron chi connectivity index (χ2n) is 7.66. The number of thiazole rings is 1. The zero-order valence-electron chi connectivity index (χ0n) is 17.5. The van der Waals surface area contributed by atoms with Crippen LogP contribution >= 0.6 is 23.1 Å². The summed E-state index contributed by atoms with van der Waals surface area (Å²) < 4.78 is 1.26. The Bertz CT molecular complexity index is 965. The van der Waals surface area contributed by atoms with Crippen molar-refractivity contribution in [3.8, 4) is 0 Å². The molecule has 0 aliphatic carbocycles. The van der Waals surface area contributed by atoms with Gasteiger partial charge in [-0.3, -0.25) is 4.79 Å². The van der Waals surface area contributed by atoms with Crippen LogP contribution in [-0.4, -0.2) is 47.7 Å². The number of carbonyl (C=O) groups excluding carboxylic acids is 1. The largest absolute Gasteiger partial charge is 0.345 e. The van der Waals surface area contributed by atoms with Crippen LogP contribution in [0.1, 0.15) is 30.9 Å². The Morgan fingerprint density at radius 1 is 1.07 bits per heavy atom. The Hall–Kier alpha value is -2.05. The molecule has 6 heteroatoms. The van der Waals surface area contributed by atoms with Gasteiger partial charge in [0.25, 0.3) is 0 Å². The Kier molecular flexibility index (Phi) is 7.28. The molecule has 1 aliphatic heterocycles. The van der Waals surface area contributed by atoms with E-state index in [-0.39, 0.29) is 0 Å². The average Bonchev–Trinajstić information content (AvgIpc) is 3.23. The van der Waals surface area contributed by atoms with E-state index in [1.807, 2.05) is 22.7 Å². The monoisotopic (exact) mass is 439 g/mol. The molecule has 1 aliphatic rings. The number of piperazine rings is 1. The van der Waals surface area contributed by atoms with E-state index in [1.165, 1.54) is 15.8 Å². The third-order valence-electron chi connectivity index (χ3n) is 5.54. The number of fused-ring (bicyclic) bond motifs is 1. The highest BCUT2D eigenvalue weighted by atomic mass is 32.2. The SMILES string of the molecule is CCc1ccc2nc(N3CCN(C(=O)CCCSCc4ccccc4)CC3)sc2c1. The minimum Gasteiger partial charge on any atom is -0.345 e. The van der Waals surface area contributed by atoms with Crippen molar-refractivity contribution in [2.24, 2.45) is 0 Å². The van der Waals surface area contributed by atoms with Crippen LogP contribution in [0.2, 0.25) is 0 Å². The van der Waals surface area contributed by atoms with Crippen molar-refractivity contribution >= 4 is 44.4 Å². The third kappa shape index (κ3) is 5.35. The Balaban J connectivity index is 1.20. The second kappa shape index (κ2) is 10.3. The first-order valence-corrected chi connectivity index (χ1v) is 12.7. The van der Waals surface area contributed by atoms with Crippen molar-refractivity contribution in [1.82, 2.24) is 9.88 Å². The lowest BCUT2D eigenvalue weighted by Crippen LogP contribution is -2.48. The Morgan fingerprint density at radius 2 is 1.87 bits per heavy atom. The summed E-state index contributed by atoms with van der Waals surface area (Å²) in [6, 6.07) is 17.1. The molecule has 3 aromatic rings. The number of hydrogen-bond donors (Lipinski definition) is 0. The number of benzene rings is 2. The van der Waals surface area contributed by atoms with E-state index in [4.69, 9.17) is 4.98 Å². The molecule has 1 saturated heterocycles. The van der Waals surface area contributed by atoms with Gasteiger partial charge in [0, 0.05) is 38.4 Å². The first-order chi connectivity index (χ1) is 14.7. The average molecular weight is 440 g/mol. The van der Waals surface area contributed by atoms with Crippen LogP contribution in [0.4, 0.5) is 5.13 Å². The van der Waals surface area contributed by atoms with Gasteiger partial charge >= 0.3 is 0 Å². The molecule has 1 fully saturated rings. The van der Waals surface area contributed by atoms with Crippen LogP contribution in [-0.2, 0) is 17.0 Å². The number of aryl methyl sites for hydroxylation is 1. The van der Waals surface area contributed by atoms with E-state index in [0.717, 1.165) is 61.2 Å². The topological polar surface area (TPSA) is 36.4 Å². The minimum atomic E-state index is 0.298. The van der Waals surface area contributed by atoms with E-state index >= 15 is 0 Å². The zero-order chi connectivity index (χ0) is 20.8. The predicted octanol–water partition coefficient (Wildman–Crippen LogP) is 5.22. The molecule has 0 atom stereocenters. The molecule has 1 aromatic heterocycles. The van der Waals surface area contributed by atoms with Crippen LogP contribution in [0, 0.1) is 0 Å². The van der Waals surface area contributed by atoms with Crippen LogP contribution in [0.5, 0.6) is 0 Å². The number of hydrogen-bond acceptors (Lipinski definition) is 5. The fourth-order valence-corrected chi connectivity index (χ4v) is 5.71. The van der Waals surface area contributed by atoms with Gasteiger partial charge in [-0.25, -0.2) is 4.98 Å². The van der Waals surface area contributed by atoms with Gasteiger partial charge in [0.15, 0.2) is 5.13 Å². The number of aromatic nitrogens is 1. The van der Waals surface area contributed by atoms with Crippen LogP contribution in [0.15, 0.2) is 48.5 Å². The molecule has 4 nitrogen and oxygen atoms in total. The predicted molar refractivity (Wildman–Crippen MR) is 130 cm³/mol. The van der Waals surface area contributed by atoms with Gasteiger partial charge in [0.2, 0.25) is 5.91 Å². The maximum atomic E-state index is 12.6. The van der Waals surface area contributed by atoms with Crippen molar-refractivity contribution in [1.29, 1.82) is 0 Å². The van der Waals surface area contributed by atoms with E-state index < -0.39 is 0 Å². The Labute approximate surface area is 187 Å². The zero-order valence-corrected chi connectivity index (χ0v) is 19.2. The molecule has 2 heterocycles. The van der Waals surface area contributed by atoms with Gasteiger partial charge in [-0.2, -0.15) is 11.8 Å². The van der Waals surface area contributed by atoms with Gasteiger partial charge in [0.05, 0.1) is 10.2 Å². The molecule has 0 unspecified atom stereocenters. The molecule has 0 radical (unpaired) electrons. The summed E-state index contributed by atoms with van der Waals surface area (Å²) in [4.78, 5) is 21.7. The van der Waals surface area contributed by atoms with Crippen molar-refractivity contribution in [2.45, 2.75) is 31.9 Å². The molecule has 0 saturated carbocycles. The first kappa shape index (κ1) is 21.2. The van der Waals surface area contributed by atoms with Crippen molar-refractivity contribution < 1.29 is 4.79 Å². The maximum Gasteiger partial charge on any atom is 0.222 e. The van der Waals surface area contributed by atoms with E-state index in [9.17, 15) is 4.79 Å². The summed E-state index contributed by atoms with van der Waals surface area (Å²) in [7, 11) is 0. The molecular formula is C24H29N3OS2. The lowest BCUT2D eigenvalue weighted by molar-refractivity contribution is -0.131. The standard InChI is InChI=1S/C24H29N3OS2/c1-2-19-10-11-21-22(17-19)30-24(25-21)27-14-12-26(13-15-27)23(28)9-6-16-29-18-20-7-4-3-5-8-20/h3-5,7-8,10-11,17H,2,6,9,12-16,18H2,1H3. The van der Waals surface area contributed by atoms with Crippen LogP contribution < -0.4 is 4.90 Å². The van der Waals surface area contributed by atoms with Crippen LogP contribution in [0.25, 0.3) is 10.2 Å². The summed E-state index contributed by atoms with van der Waals surface area (Å²) in [6.07, 6.45) is 2.66. The van der Waals surface area contributed by atoms with Gasteiger partial charge in [-0.1, -0.05) is 54.7 Å². The van der Waals surface area contributed by atoms with E-state index in [0.29, 0.717) is 12.3 Å². The number of nitrogens with zero attached hydrogens (tertiary/aromatic N) is 3. The maximum absolute atomic E-state index is 12.6. The molecule has 0 spiro atoms. The van der Waals surface area contributed by atoms with Gasteiger partial charge in [0.1, 0.15) is 0 Å². The molecule has 4 rings (SSSR count). The molecule has 158 valence electrons. The van der Waals surface area contributed by atoms with Gasteiger partial charge in [-0.15, -0.1) is 0 Å². The fraction of sp³-hybridized carbons (Fsp3) is 0.417. The van der Waals surface area contributed by atoms with E-state index in [2.05, 4.69) is 54.3 Å². The smallest absolute Gasteiger partial charge is 0.222 e. The number of thioether (sulfide) groups is 1. The molecular weight excluding hydrogens is 410 g/mol. The summed E-state index contributed by atoms with van der Waals surface area (Å²) in [5.41, 5.74) is 3.79. The highest BCUT2D eigenvalue weighted by Crippen LogP contribution is 2.30. The highest BCUT2D eigenvalue weighted by Gasteiger charge is 2.22. The summed E-state index contributed by atoms with van der Waals surface area (Å²) >= 11 is 3.68. The molecule has 30 heavy (non-hydrogen) atoms. The molecule has 0 bridgehead atoms. The second-order valence-corrected chi connectivity index (χ2v) is 9.78. The fourth-order valence-electron chi connectivity index (χ4n) is 3.71. The number of amides is 1. The number of rotatable bonds is 8. The van der Waals surface area contributed by atoms with Gasteiger partial charge in [-0.05, 0) is 41.9 Å². The van der Waals surface area contributed by atoms with Crippen LogP contribution in [0.3, 0.4) is 0 Å². The molecule has 1 amide bonds. The summed E-state index contributed by atoms with van der Waals surface area (Å²) in [5.74, 6) is 2.36. The Morgan fingerprint density at radius 3 is 2.63 bits per heavy atom. The lowest BCUT2D eigenvalue weighted by Gasteiger charge is -2.34. The van der Waals surface area contributed by atoms with Crippen molar-refractivity contribution in [2.75, 3.05) is 36.8 Å². The molecule has 0 N–H and O–H groups in total. The molecule has 2 aromatic carbocycles.